The van der Waals surface area contributed by atoms with Gasteiger partial charge in [0.15, 0.2) is 11.6 Å². The van der Waals surface area contributed by atoms with E-state index in [4.69, 9.17) is 15.0 Å². The molecule has 3 aliphatic rings. The number of ether oxygens (including phenoxy) is 2. The average molecular weight is 351 g/mol. The monoisotopic (exact) mass is 351 g/mol. The maximum absolute atomic E-state index is 14.8. The Bertz CT molecular complexity index is 673. The van der Waals surface area contributed by atoms with E-state index in [1.54, 1.807) is 4.90 Å². The highest BCUT2D eigenvalue weighted by Gasteiger charge is 2.40. The summed E-state index contributed by atoms with van der Waals surface area (Å²) in [7, 11) is 0. The van der Waals surface area contributed by atoms with Crippen molar-refractivity contribution >= 4 is 11.4 Å². The van der Waals surface area contributed by atoms with E-state index in [2.05, 4.69) is 10.0 Å². The van der Waals surface area contributed by atoms with Crippen molar-refractivity contribution in [1.29, 1.82) is 0 Å². The van der Waals surface area contributed by atoms with E-state index in [-0.39, 0.29) is 37.2 Å². The first-order chi connectivity index (χ1) is 12.2. The predicted octanol–water partition coefficient (Wildman–Crippen LogP) is 2.81. The molecule has 4 rings (SSSR count). The summed E-state index contributed by atoms with van der Waals surface area (Å²) in [5.41, 5.74) is 8.84. The average Bonchev–Trinajstić information content (AvgIpc) is 3.14. The molecule has 3 saturated heterocycles. The number of benzene rings is 1. The van der Waals surface area contributed by atoms with Crippen LogP contribution in [0.25, 0.3) is 10.4 Å². The molecule has 134 valence electrons. The number of rotatable bonds is 4. The number of nitrogens with zero attached hydrogens (tertiary/aromatic N) is 5. The fourth-order valence-electron chi connectivity index (χ4n) is 3.94. The van der Waals surface area contributed by atoms with Crippen LogP contribution in [0.15, 0.2) is 17.2 Å². The number of hydrogen-bond acceptors (Lipinski definition) is 5. The van der Waals surface area contributed by atoms with Crippen LogP contribution in [-0.2, 0) is 9.47 Å². The molecule has 25 heavy (non-hydrogen) atoms. The van der Waals surface area contributed by atoms with Crippen LogP contribution in [0.2, 0.25) is 0 Å². The van der Waals surface area contributed by atoms with E-state index in [1.165, 1.54) is 12.1 Å². The Morgan fingerprint density at radius 3 is 2.52 bits per heavy atom. The van der Waals surface area contributed by atoms with Gasteiger partial charge in [-0.25, -0.2) is 8.78 Å². The molecule has 0 amide bonds. The van der Waals surface area contributed by atoms with Crippen LogP contribution in [0, 0.1) is 11.6 Å². The zero-order chi connectivity index (χ0) is 17.4. The number of fused-ring (bicyclic) bond motifs is 2. The highest BCUT2D eigenvalue weighted by Crippen LogP contribution is 2.38. The predicted molar refractivity (Wildman–Crippen MR) is 87.6 cm³/mol. The molecule has 0 radical (unpaired) electrons. The summed E-state index contributed by atoms with van der Waals surface area (Å²) in [6, 6.07) is 2.79. The molecule has 3 heterocycles. The largest absolute Gasteiger partial charge is 0.377 e. The topological polar surface area (TPSA) is 73.7 Å². The van der Waals surface area contributed by atoms with Crippen LogP contribution in [0.4, 0.5) is 20.2 Å². The van der Waals surface area contributed by atoms with E-state index < -0.39 is 11.6 Å². The molecule has 0 aliphatic carbocycles. The summed E-state index contributed by atoms with van der Waals surface area (Å²) in [6.07, 6.45) is 1.52. The Hall–Kier alpha value is -2.09. The quantitative estimate of drug-likeness (QED) is 0.475. The first-order valence-electron chi connectivity index (χ1n) is 8.40. The molecule has 1 aromatic rings. The smallest absolute Gasteiger partial charge is 0.151 e. The van der Waals surface area contributed by atoms with Crippen molar-refractivity contribution in [3.05, 3.63) is 34.2 Å². The Morgan fingerprint density at radius 1 is 1.20 bits per heavy atom. The molecule has 0 saturated carbocycles. The van der Waals surface area contributed by atoms with Crippen LogP contribution in [-0.4, -0.2) is 51.2 Å². The molecule has 3 atom stereocenters. The number of hydrogen-bond donors (Lipinski definition) is 0. The molecule has 1 aromatic carbocycles. The highest BCUT2D eigenvalue weighted by atomic mass is 19.1. The van der Waals surface area contributed by atoms with Crippen molar-refractivity contribution in [1.82, 2.24) is 0 Å². The fraction of sp³-hybridized carbons (Fsp3) is 0.625. The van der Waals surface area contributed by atoms with Crippen LogP contribution in [0.5, 0.6) is 0 Å². The lowest BCUT2D eigenvalue weighted by Gasteiger charge is -2.37. The Kier molecular flexibility index (Phi) is 4.37. The van der Waals surface area contributed by atoms with E-state index in [0.29, 0.717) is 25.4 Å². The minimum absolute atomic E-state index is 0.0388. The zero-order valence-electron chi connectivity index (χ0n) is 13.6. The maximum atomic E-state index is 14.8. The summed E-state index contributed by atoms with van der Waals surface area (Å²) < 4.78 is 40.5. The first-order valence-corrected chi connectivity index (χ1v) is 8.40. The van der Waals surface area contributed by atoms with Crippen molar-refractivity contribution in [3.8, 4) is 0 Å². The van der Waals surface area contributed by atoms with Gasteiger partial charge in [0.05, 0.1) is 37.9 Å². The second-order valence-electron chi connectivity index (χ2n) is 6.64. The zero-order valence-corrected chi connectivity index (χ0v) is 13.6. The van der Waals surface area contributed by atoms with E-state index in [0.717, 1.165) is 12.8 Å². The second kappa shape index (κ2) is 6.67. The molecule has 7 nitrogen and oxygen atoms in total. The number of morpholine rings is 1. The molecule has 9 heteroatoms. The summed E-state index contributed by atoms with van der Waals surface area (Å²) in [4.78, 5) is 6.29. The highest BCUT2D eigenvalue weighted by molar-refractivity contribution is 5.60. The summed E-state index contributed by atoms with van der Waals surface area (Å²) in [6.45, 7) is 1.87. The third-order valence-corrected chi connectivity index (χ3v) is 5.10. The van der Waals surface area contributed by atoms with Crippen molar-refractivity contribution in [2.75, 3.05) is 42.8 Å². The van der Waals surface area contributed by atoms with Crippen molar-refractivity contribution in [2.24, 2.45) is 5.11 Å². The number of anilines is 2. The van der Waals surface area contributed by atoms with E-state index >= 15 is 0 Å². The van der Waals surface area contributed by atoms with E-state index in [1.807, 2.05) is 4.90 Å². The Morgan fingerprint density at radius 2 is 1.88 bits per heavy atom. The normalized spacial score (nSPS) is 28.3. The second-order valence-corrected chi connectivity index (χ2v) is 6.64. The molecular weight excluding hydrogens is 332 g/mol. The lowest BCUT2D eigenvalue weighted by atomic mass is 10.1. The minimum Gasteiger partial charge on any atom is -0.377 e. The van der Waals surface area contributed by atoms with E-state index in [9.17, 15) is 8.78 Å². The van der Waals surface area contributed by atoms with Gasteiger partial charge in [-0.05, 0) is 30.5 Å². The van der Waals surface area contributed by atoms with Crippen LogP contribution >= 0.6 is 0 Å². The molecule has 3 aliphatic heterocycles. The third kappa shape index (κ3) is 2.99. The molecule has 0 N–H and O–H groups in total. The third-order valence-electron chi connectivity index (χ3n) is 5.10. The van der Waals surface area contributed by atoms with Gasteiger partial charge in [0.25, 0.3) is 0 Å². The molecular formula is C16H19F2N5O2. The van der Waals surface area contributed by atoms with Gasteiger partial charge in [-0.15, -0.1) is 0 Å². The molecule has 0 spiro atoms. The Balaban J connectivity index is 1.56. The van der Waals surface area contributed by atoms with Gasteiger partial charge in [0.1, 0.15) is 12.4 Å². The van der Waals surface area contributed by atoms with Gasteiger partial charge in [-0.2, -0.15) is 0 Å². The van der Waals surface area contributed by atoms with Gasteiger partial charge in [-0.1, -0.05) is 5.11 Å². The fourth-order valence-corrected chi connectivity index (χ4v) is 3.94. The van der Waals surface area contributed by atoms with Gasteiger partial charge >= 0.3 is 0 Å². The Labute approximate surface area is 143 Å². The summed E-state index contributed by atoms with van der Waals surface area (Å²) >= 11 is 0. The van der Waals surface area contributed by atoms with Gasteiger partial charge < -0.3 is 19.3 Å². The lowest BCUT2D eigenvalue weighted by Crippen LogP contribution is -2.46. The SMILES string of the molecule is [N-]=[N+]=NC[C@H]1CN(c2cc(F)c(N3C4CCC3COC4)c(F)c2)CO1. The standard InChI is InChI=1S/C16H19F2N5O2/c17-14-3-12(22-6-13(25-9-22)5-20-21-19)4-15(18)16(14)23-10-1-2-11(23)8-24-7-10/h3-4,10-11,13H,1-2,5-9H2/t10?,11?,13-/m0/s1. The van der Waals surface area contributed by atoms with Crippen molar-refractivity contribution in [2.45, 2.75) is 31.0 Å². The molecule has 2 bridgehead atoms. The maximum Gasteiger partial charge on any atom is 0.151 e. The molecule has 2 unspecified atom stereocenters. The van der Waals surface area contributed by atoms with Crippen LogP contribution in [0.3, 0.4) is 0 Å². The van der Waals surface area contributed by atoms with Crippen LogP contribution in [0.1, 0.15) is 12.8 Å². The number of azide groups is 1. The van der Waals surface area contributed by atoms with Gasteiger partial charge in [0.2, 0.25) is 0 Å². The van der Waals surface area contributed by atoms with Gasteiger partial charge in [0, 0.05) is 17.1 Å². The minimum atomic E-state index is -0.563. The van der Waals surface area contributed by atoms with Crippen molar-refractivity contribution < 1.29 is 18.3 Å². The summed E-state index contributed by atoms with van der Waals surface area (Å²) in [5.74, 6) is -1.13. The number of halogens is 2. The van der Waals surface area contributed by atoms with Gasteiger partial charge in [-0.3, -0.25) is 0 Å². The lowest BCUT2D eigenvalue weighted by molar-refractivity contribution is 0.0898. The first kappa shape index (κ1) is 16.4. The summed E-state index contributed by atoms with van der Waals surface area (Å²) in [5, 5.41) is 3.48. The van der Waals surface area contributed by atoms with Crippen LogP contribution < -0.4 is 9.80 Å². The molecule has 0 aromatic heterocycles. The van der Waals surface area contributed by atoms with Crippen molar-refractivity contribution in [3.63, 3.8) is 0 Å². The molecule has 3 fully saturated rings.